The maximum Gasteiger partial charge on any atom is 0.411 e. The molecule has 3 N–H and O–H groups in total. The number of carbonyl (C=O) groups is 3. The first kappa shape index (κ1) is 21.1. The Bertz CT molecular complexity index is 1130. The highest BCUT2D eigenvalue weighted by atomic mass is 16.5. The van der Waals surface area contributed by atoms with E-state index in [0.29, 0.717) is 0 Å². The molecule has 3 aromatic rings. The molecule has 3 aromatic carbocycles. The molecule has 0 aliphatic heterocycles. The molecule has 0 aromatic heterocycles. The Hall–Kier alpha value is -4.13. The number of benzene rings is 3. The van der Waals surface area contributed by atoms with Gasteiger partial charge in [0.15, 0.2) is 0 Å². The average molecular weight is 430 g/mol. The minimum Gasteiger partial charge on any atom is -0.481 e. The zero-order valence-electron chi connectivity index (χ0n) is 17.2. The van der Waals surface area contributed by atoms with Crippen molar-refractivity contribution in [3.8, 4) is 11.1 Å². The van der Waals surface area contributed by atoms with Crippen molar-refractivity contribution in [1.29, 1.82) is 0 Å². The lowest BCUT2D eigenvalue weighted by molar-refractivity contribution is -0.136. The molecule has 0 heterocycles. The topological polar surface area (TPSA) is 105 Å². The highest BCUT2D eigenvalue weighted by molar-refractivity contribution is 6.02. The summed E-state index contributed by atoms with van der Waals surface area (Å²) in [6, 6.07) is 22.6. The van der Waals surface area contributed by atoms with E-state index < -0.39 is 18.0 Å². The van der Waals surface area contributed by atoms with Gasteiger partial charge in [-0.05, 0) is 34.4 Å². The Morgan fingerprint density at radius 1 is 0.844 bits per heavy atom. The van der Waals surface area contributed by atoms with Crippen LogP contribution in [0.25, 0.3) is 11.1 Å². The first-order chi connectivity index (χ1) is 15.5. The normalized spacial score (nSPS) is 11.9. The van der Waals surface area contributed by atoms with Crippen molar-refractivity contribution < 1.29 is 24.2 Å². The number of anilines is 1. The van der Waals surface area contributed by atoms with Gasteiger partial charge in [0.1, 0.15) is 6.61 Å². The molecule has 0 saturated heterocycles. The third kappa shape index (κ3) is 4.46. The van der Waals surface area contributed by atoms with E-state index >= 15 is 0 Å². The lowest BCUT2D eigenvalue weighted by Crippen LogP contribution is -2.27. The van der Waals surface area contributed by atoms with Gasteiger partial charge >= 0.3 is 12.1 Å². The van der Waals surface area contributed by atoms with Gasteiger partial charge in [0.05, 0.1) is 17.7 Å². The third-order valence-electron chi connectivity index (χ3n) is 5.38. The lowest BCUT2D eigenvalue weighted by Gasteiger charge is -2.15. The Kier molecular flexibility index (Phi) is 6.17. The molecule has 0 radical (unpaired) electrons. The molecule has 162 valence electrons. The van der Waals surface area contributed by atoms with Gasteiger partial charge in [-0.25, -0.2) is 4.79 Å². The fourth-order valence-electron chi connectivity index (χ4n) is 3.91. The fraction of sp³-hybridized carbons (Fsp3) is 0.160. The maximum absolute atomic E-state index is 12.5. The van der Waals surface area contributed by atoms with Crippen LogP contribution in [0.2, 0.25) is 0 Å². The van der Waals surface area contributed by atoms with E-state index in [4.69, 9.17) is 9.84 Å². The summed E-state index contributed by atoms with van der Waals surface area (Å²) >= 11 is 0. The minimum atomic E-state index is -1.00. The van der Waals surface area contributed by atoms with Crippen LogP contribution in [-0.4, -0.2) is 36.2 Å². The van der Waals surface area contributed by atoms with Gasteiger partial charge in [0.2, 0.25) is 0 Å². The van der Waals surface area contributed by atoms with E-state index in [2.05, 4.69) is 22.8 Å². The van der Waals surface area contributed by atoms with Crippen LogP contribution in [0, 0.1) is 0 Å². The second kappa shape index (κ2) is 9.34. The van der Waals surface area contributed by atoms with E-state index in [9.17, 15) is 14.4 Å². The molecule has 0 bridgehead atoms. The number of carbonyl (C=O) groups excluding carboxylic acids is 2. The van der Waals surface area contributed by atoms with Crippen molar-refractivity contribution in [3.05, 3.63) is 89.5 Å². The SMILES string of the molecule is O=C(O)CCNC(=O)c1ccccc1NC(=O)OCC1c2ccccc2-c2ccccc21. The molecule has 0 spiro atoms. The van der Waals surface area contributed by atoms with Crippen molar-refractivity contribution >= 4 is 23.7 Å². The van der Waals surface area contributed by atoms with Gasteiger partial charge in [0, 0.05) is 12.5 Å². The van der Waals surface area contributed by atoms with Crippen LogP contribution in [0.15, 0.2) is 72.8 Å². The molecule has 1 aliphatic rings. The van der Waals surface area contributed by atoms with Crippen molar-refractivity contribution in [3.63, 3.8) is 0 Å². The molecule has 2 amide bonds. The van der Waals surface area contributed by atoms with Crippen LogP contribution in [0.3, 0.4) is 0 Å². The van der Waals surface area contributed by atoms with Crippen LogP contribution in [0.4, 0.5) is 10.5 Å². The predicted octanol–water partition coefficient (Wildman–Crippen LogP) is 4.25. The van der Waals surface area contributed by atoms with Crippen LogP contribution in [0.1, 0.15) is 33.8 Å². The van der Waals surface area contributed by atoms with Gasteiger partial charge in [-0.15, -0.1) is 0 Å². The molecule has 7 heteroatoms. The number of hydrogen-bond acceptors (Lipinski definition) is 4. The monoisotopic (exact) mass is 430 g/mol. The number of hydrogen-bond donors (Lipinski definition) is 3. The second-order valence-corrected chi connectivity index (χ2v) is 7.40. The summed E-state index contributed by atoms with van der Waals surface area (Å²) in [5, 5.41) is 13.9. The molecule has 7 nitrogen and oxygen atoms in total. The van der Waals surface area contributed by atoms with Gasteiger partial charge < -0.3 is 15.2 Å². The van der Waals surface area contributed by atoms with Crippen LogP contribution in [-0.2, 0) is 9.53 Å². The molecular weight excluding hydrogens is 408 g/mol. The highest BCUT2D eigenvalue weighted by Crippen LogP contribution is 2.44. The van der Waals surface area contributed by atoms with Crippen LogP contribution in [0.5, 0.6) is 0 Å². The molecule has 4 rings (SSSR count). The van der Waals surface area contributed by atoms with Gasteiger partial charge in [-0.3, -0.25) is 14.9 Å². The number of aliphatic carboxylic acids is 1. The number of nitrogens with one attached hydrogen (secondary N) is 2. The molecule has 0 atom stereocenters. The van der Waals surface area contributed by atoms with Crippen molar-refractivity contribution in [2.75, 3.05) is 18.5 Å². The molecule has 0 unspecified atom stereocenters. The van der Waals surface area contributed by atoms with Gasteiger partial charge in [-0.2, -0.15) is 0 Å². The Morgan fingerprint density at radius 2 is 1.44 bits per heavy atom. The van der Waals surface area contributed by atoms with Crippen molar-refractivity contribution in [2.45, 2.75) is 12.3 Å². The Balaban J connectivity index is 1.42. The Morgan fingerprint density at radius 3 is 2.09 bits per heavy atom. The summed E-state index contributed by atoms with van der Waals surface area (Å²) in [7, 11) is 0. The van der Waals surface area contributed by atoms with Crippen LogP contribution < -0.4 is 10.6 Å². The first-order valence-electron chi connectivity index (χ1n) is 10.3. The van der Waals surface area contributed by atoms with E-state index in [1.165, 1.54) is 0 Å². The van der Waals surface area contributed by atoms with E-state index in [0.717, 1.165) is 22.3 Å². The summed E-state index contributed by atoms with van der Waals surface area (Å²) in [4.78, 5) is 35.5. The summed E-state index contributed by atoms with van der Waals surface area (Å²) in [5.41, 5.74) is 5.02. The number of para-hydroxylation sites is 1. The molecule has 0 saturated carbocycles. The predicted molar refractivity (Wildman–Crippen MR) is 120 cm³/mol. The van der Waals surface area contributed by atoms with E-state index in [1.54, 1.807) is 24.3 Å². The smallest absolute Gasteiger partial charge is 0.411 e. The largest absolute Gasteiger partial charge is 0.481 e. The molecule has 32 heavy (non-hydrogen) atoms. The first-order valence-corrected chi connectivity index (χ1v) is 10.3. The zero-order valence-corrected chi connectivity index (χ0v) is 17.2. The highest BCUT2D eigenvalue weighted by Gasteiger charge is 2.29. The van der Waals surface area contributed by atoms with Gasteiger partial charge in [-0.1, -0.05) is 60.7 Å². The molecular formula is C25H22N2O5. The average Bonchev–Trinajstić information content (AvgIpc) is 3.11. The maximum atomic E-state index is 12.5. The number of carboxylic acid groups (broad SMARTS) is 1. The third-order valence-corrected chi connectivity index (χ3v) is 5.38. The Labute approximate surface area is 185 Å². The van der Waals surface area contributed by atoms with Gasteiger partial charge in [0.25, 0.3) is 5.91 Å². The number of ether oxygens (including phenoxy) is 1. The fourth-order valence-corrected chi connectivity index (χ4v) is 3.91. The van der Waals surface area contributed by atoms with Crippen molar-refractivity contribution in [1.82, 2.24) is 5.32 Å². The summed E-state index contributed by atoms with van der Waals surface area (Å²) in [5.74, 6) is -1.54. The summed E-state index contributed by atoms with van der Waals surface area (Å²) in [6.45, 7) is 0.153. The second-order valence-electron chi connectivity index (χ2n) is 7.40. The number of rotatable bonds is 7. The van der Waals surface area contributed by atoms with Crippen molar-refractivity contribution in [2.24, 2.45) is 0 Å². The molecule has 0 fully saturated rings. The number of amides is 2. The van der Waals surface area contributed by atoms with E-state index in [-0.39, 0.29) is 36.7 Å². The lowest BCUT2D eigenvalue weighted by atomic mass is 9.98. The number of fused-ring (bicyclic) bond motifs is 3. The van der Waals surface area contributed by atoms with E-state index in [1.807, 2.05) is 36.4 Å². The molecule has 1 aliphatic carbocycles. The number of carboxylic acids is 1. The summed E-state index contributed by atoms with van der Waals surface area (Å²) < 4.78 is 5.53. The summed E-state index contributed by atoms with van der Waals surface area (Å²) in [6.07, 6.45) is -0.856. The zero-order chi connectivity index (χ0) is 22.5. The minimum absolute atomic E-state index is 0.00650. The quantitative estimate of drug-likeness (QED) is 0.520. The standard InChI is InChI=1S/C25H22N2O5/c28-23(29)13-14-26-24(30)20-11-5-6-12-22(20)27-25(31)32-15-21-18-9-3-1-7-16(18)17-8-2-4-10-19(17)21/h1-12,21H,13-15H2,(H,26,30)(H,27,31)(H,28,29). The van der Waals surface area contributed by atoms with Crippen LogP contribution >= 0.6 is 0 Å².